The topological polar surface area (TPSA) is 85.9 Å². The lowest BCUT2D eigenvalue weighted by atomic mass is 10.1. The van der Waals surface area contributed by atoms with Crippen molar-refractivity contribution in [2.24, 2.45) is 7.05 Å². The molecule has 2 aromatic carbocycles. The molecule has 1 aliphatic carbocycles. The zero-order valence-corrected chi connectivity index (χ0v) is 14.7. The lowest BCUT2D eigenvalue weighted by Crippen LogP contribution is -1.96. The first-order valence-electron chi connectivity index (χ1n) is 8.86. The van der Waals surface area contributed by atoms with E-state index in [2.05, 4.69) is 28.0 Å². The number of aromatic nitrogens is 3. The maximum Gasteiger partial charge on any atom is 0.278 e. The van der Waals surface area contributed by atoms with Crippen LogP contribution in [0.2, 0.25) is 0 Å². The van der Waals surface area contributed by atoms with E-state index in [1.54, 1.807) is 18.3 Å². The molecule has 7 nitrogen and oxygen atoms in total. The molecule has 2 heterocycles. The van der Waals surface area contributed by atoms with Gasteiger partial charge in [0.15, 0.2) is 0 Å². The molecule has 1 N–H and O–H groups in total. The summed E-state index contributed by atoms with van der Waals surface area (Å²) in [4.78, 5) is 19.7. The van der Waals surface area contributed by atoms with Crippen molar-refractivity contribution in [3.8, 4) is 0 Å². The van der Waals surface area contributed by atoms with Crippen molar-refractivity contribution in [3.63, 3.8) is 0 Å². The molecular weight excluding hydrogens is 342 g/mol. The minimum atomic E-state index is -0.382. The van der Waals surface area contributed by atoms with Gasteiger partial charge in [0, 0.05) is 48.2 Å². The maximum absolute atomic E-state index is 11.3. The number of benzene rings is 2. The Kier molecular flexibility index (Phi) is 3.36. The quantitative estimate of drug-likeness (QED) is 0.423. The number of pyridine rings is 1. The van der Waals surface area contributed by atoms with E-state index >= 15 is 0 Å². The van der Waals surface area contributed by atoms with Crippen LogP contribution < -0.4 is 5.32 Å². The van der Waals surface area contributed by atoms with E-state index in [0.29, 0.717) is 11.3 Å². The Balaban J connectivity index is 1.57. The third-order valence-corrected chi connectivity index (χ3v) is 5.13. The van der Waals surface area contributed by atoms with Gasteiger partial charge < -0.3 is 9.88 Å². The van der Waals surface area contributed by atoms with Gasteiger partial charge >= 0.3 is 0 Å². The Bertz CT molecular complexity index is 1210. The van der Waals surface area contributed by atoms with Crippen molar-refractivity contribution in [3.05, 3.63) is 64.7 Å². The fraction of sp³-hybridized carbons (Fsp3) is 0.200. The van der Waals surface area contributed by atoms with Gasteiger partial charge in [0.1, 0.15) is 5.82 Å². The Morgan fingerprint density at radius 1 is 1.19 bits per heavy atom. The molecule has 0 atom stereocenters. The van der Waals surface area contributed by atoms with Crippen LogP contribution in [0, 0.1) is 10.1 Å². The number of hydrogen-bond acceptors (Lipinski definition) is 5. The molecule has 0 bridgehead atoms. The lowest BCUT2D eigenvalue weighted by molar-refractivity contribution is -0.383. The summed E-state index contributed by atoms with van der Waals surface area (Å²) < 4.78 is 2.17. The minimum absolute atomic E-state index is 0.0536. The van der Waals surface area contributed by atoms with Gasteiger partial charge in [-0.2, -0.15) is 0 Å². The molecule has 7 heteroatoms. The molecule has 0 aliphatic heterocycles. The average Bonchev–Trinajstić information content (AvgIpc) is 3.46. The summed E-state index contributed by atoms with van der Waals surface area (Å²) in [5.74, 6) is 1.74. The molecule has 2 aromatic heterocycles. The van der Waals surface area contributed by atoms with E-state index in [0.717, 1.165) is 33.6 Å². The highest BCUT2D eigenvalue weighted by Gasteiger charge is 2.28. The smallest absolute Gasteiger partial charge is 0.278 e. The number of non-ortho nitro benzene ring substituents is 1. The zero-order valence-electron chi connectivity index (χ0n) is 14.7. The number of nitrogens with one attached hydrogen (secondary N) is 1. The third-order valence-electron chi connectivity index (χ3n) is 5.13. The molecule has 0 spiro atoms. The SMILES string of the molecule is Cn1c(C2CC2)nc2cc(Nc3ccc([N+](=O)[O-])c4cnccc34)ccc21. The van der Waals surface area contributed by atoms with Gasteiger partial charge in [-0.05, 0) is 43.2 Å². The van der Waals surface area contributed by atoms with Crippen molar-refractivity contribution in [1.29, 1.82) is 0 Å². The van der Waals surface area contributed by atoms with E-state index in [1.807, 2.05) is 12.1 Å². The van der Waals surface area contributed by atoms with Crippen LogP contribution in [0.25, 0.3) is 21.8 Å². The third kappa shape index (κ3) is 2.59. The Hall–Kier alpha value is -3.48. The van der Waals surface area contributed by atoms with Gasteiger partial charge in [-0.15, -0.1) is 0 Å². The number of rotatable bonds is 4. The predicted molar refractivity (Wildman–Crippen MR) is 104 cm³/mol. The molecule has 5 rings (SSSR count). The van der Waals surface area contributed by atoms with Gasteiger partial charge in [-0.1, -0.05) is 0 Å². The van der Waals surface area contributed by atoms with Crippen LogP contribution >= 0.6 is 0 Å². The van der Waals surface area contributed by atoms with E-state index in [9.17, 15) is 10.1 Å². The Morgan fingerprint density at radius 2 is 2.04 bits per heavy atom. The highest BCUT2D eigenvalue weighted by Crippen LogP contribution is 2.40. The number of nitrogens with zero attached hydrogens (tertiary/aromatic N) is 4. The molecule has 0 radical (unpaired) electrons. The second-order valence-corrected chi connectivity index (χ2v) is 6.94. The summed E-state index contributed by atoms with van der Waals surface area (Å²) in [6.07, 6.45) is 5.60. The van der Waals surface area contributed by atoms with Crippen LogP contribution in [0.15, 0.2) is 48.8 Å². The van der Waals surface area contributed by atoms with Gasteiger partial charge in [0.2, 0.25) is 0 Å². The molecule has 134 valence electrons. The second-order valence-electron chi connectivity index (χ2n) is 6.94. The summed E-state index contributed by atoms with van der Waals surface area (Å²) in [5, 5.41) is 15.9. The van der Waals surface area contributed by atoms with Crippen LogP contribution in [0.5, 0.6) is 0 Å². The number of aryl methyl sites for hydroxylation is 1. The number of hydrogen-bond donors (Lipinski definition) is 1. The van der Waals surface area contributed by atoms with Crippen molar-refractivity contribution < 1.29 is 4.92 Å². The highest BCUT2D eigenvalue weighted by molar-refractivity contribution is 6.00. The molecular formula is C20H17N5O2. The number of nitro groups is 1. The van der Waals surface area contributed by atoms with Crippen molar-refractivity contribution in [1.82, 2.24) is 14.5 Å². The maximum atomic E-state index is 11.3. The van der Waals surface area contributed by atoms with Crippen LogP contribution in [0.3, 0.4) is 0 Å². The Morgan fingerprint density at radius 3 is 2.81 bits per heavy atom. The van der Waals surface area contributed by atoms with Gasteiger partial charge in [-0.25, -0.2) is 4.98 Å². The molecule has 1 fully saturated rings. The van der Waals surface area contributed by atoms with Crippen molar-refractivity contribution in [2.45, 2.75) is 18.8 Å². The van der Waals surface area contributed by atoms with Crippen LogP contribution in [-0.4, -0.2) is 19.5 Å². The zero-order chi connectivity index (χ0) is 18.5. The van der Waals surface area contributed by atoms with E-state index in [4.69, 9.17) is 4.98 Å². The van der Waals surface area contributed by atoms with Crippen molar-refractivity contribution >= 4 is 38.9 Å². The molecule has 1 aliphatic rings. The first kappa shape index (κ1) is 15.7. The summed E-state index contributed by atoms with van der Waals surface area (Å²) >= 11 is 0. The monoisotopic (exact) mass is 359 g/mol. The number of imidazole rings is 1. The fourth-order valence-electron chi connectivity index (χ4n) is 3.60. The molecule has 4 aromatic rings. The van der Waals surface area contributed by atoms with Gasteiger partial charge in [0.25, 0.3) is 5.69 Å². The normalized spacial score (nSPS) is 14.0. The largest absolute Gasteiger partial charge is 0.355 e. The van der Waals surface area contributed by atoms with E-state index < -0.39 is 0 Å². The van der Waals surface area contributed by atoms with Gasteiger partial charge in [-0.3, -0.25) is 15.1 Å². The molecule has 0 amide bonds. The lowest BCUT2D eigenvalue weighted by Gasteiger charge is -2.10. The van der Waals surface area contributed by atoms with Crippen LogP contribution in [0.4, 0.5) is 17.1 Å². The predicted octanol–water partition coefficient (Wildman–Crippen LogP) is 4.65. The fourth-order valence-corrected chi connectivity index (χ4v) is 3.60. The first-order chi connectivity index (χ1) is 13.1. The Labute approximate surface area is 154 Å². The molecule has 27 heavy (non-hydrogen) atoms. The van der Waals surface area contributed by atoms with E-state index in [1.165, 1.54) is 25.1 Å². The summed E-state index contributed by atoms with van der Waals surface area (Å²) in [7, 11) is 2.06. The number of anilines is 2. The standard InChI is InChI=1S/C20H17N5O2/c1-24-19-6-4-13(10-17(19)23-20(24)12-2-3-12)22-16-5-7-18(25(26)27)15-11-21-9-8-14(15)16/h4-12,22H,2-3H2,1H3. The van der Waals surface area contributed by atoms with Gasteiger partial charge in [0.05, 0.1) is 21.3 Å². The second kappa shape index (κ2) is 5.77. The summed E-state index contributed by atoms with van der Waals surface area (Å²) in [5.41, 5.74) is 3.82. The number of fused-ring (bicyclic) bond motifs is 2. The summed E-state index contributed by atoms with van der Waals surface area (Å²) in [6, 6.07) is 11.1. The minimum Gasteiger partial charge on any atom is -0.355 e. The van der Waals surface area contributed by atoms with Crippen LogP contribution in [0.1, 0.15) is 24.6 Å². The average molecular weight is 359 g/mol. The first-order valence-corrected chi connectivity index (χ1v) is 8.86. The molecule has 0 saturated heterocycles. The molecule has 0 unspecified atom stereocenters. The summed E-state index contributed by atoms with van der Waals surface area (Å²) in [6.45, 7) is 0. The van der Waals surface area contributed by atoms with E-state index in [-0.39, 0.29) is 10.6 Å². The molecule has 1 saturated carbocycles. The number of nitro benzene ring substituents is 1. The highest BCUT2D eigenvalue weighted by atomic mass is 16.6. The van der Waals surface area contributed by atoms with Crippen LogP contribution in [-0.2, 0) is 7.05 Å². The van der Waals surface area contributed by atoms with Crippen molar-refractivity contribution in [2.75, 3.05) is 5.32 Å².